The summed E-state index contributed by atoms with van der Waals surface area (Å²) < 4.78 is 0. The molecule has 0 radical (unpaired) electrons. The summed E-state index contributed by atoms with van der Waals surface area (Å²) in [5.74, 6) is 0. The van der Waals surface area contributed by atoms with Gasteiger partial charge in [0.15, 0.2) is 0 Å². The van der Waals surface area contributed by atoms with Gasteiger partial charge in [-0.1, -0.05) is 82.1 Å². The van der Waals surface area contributed by atoms with Gasteiger partial charge >= 0.3 is 0 Å². The number of hydrogen-bond donors (Lipinski definition) is 0. The third kappa shape index (κ3) is 2.17. The Hall–Kier alpha value is 0. The Balaban J connectivity index is 5.76. The molecule has 16 heavy (non-hydrogen) atoms. The van der Waals surface area contributed by atoms with Crippen LogP contribution in [0.3, 0.4) is 0 Å². The lowest BCUT2D eigenvalue weighted by molar-refractivity contribution is -0.125. The second-order valence-electron chi connectivity index (χ2n) is 7.85. The first kappa shape index (κ1) is 16.0. The molecule has 0 aromatic rings. The van der Waals surface area contributed by atoms with Gasteiger partial charge in [0.1, 0.15) is 0 Å². The third-order valence-electron chi connectivity index (χ3n) is 5.97. The van der Waals surface area contributed by atoms with Gasteiger partial charge in [0.2, 0.25) is 0 Å². The lowest BCUT2D eigenvalue weighted by Crippen LogP contribution is -2.54. The molecule has 0 nitrogen and oxygen atoms in total. The van der Waals surface area contributed by atoms with Crippen molar-refractivity contribution in [1.29, 1.82) is 0 Å². The first-order valence-corrected chi connectivity index (χ1v) is 6.87. The van der Waals surface area contributed by atoms with E-state index in [-0.39, 0.29) is 0 Å². The zero-order valence-electron chi connectivity index (χ0n) is 13.4. The molecule has 0 N–H and O–H groups in total. The quantitative estimate of drug-likeness (QED) is 0.559. The van der Waals surface area contributed by atoms with E-state index in [1.54, 1.807) is 0 Å². The summed E-state index contributed by atoms with van der Waals surface area (Å²) in [6.45, 7) is 24.1. The van der Waals surface area contributed by atoms with Gasteiger partial charge in [-0.3, -0.25) is 0 Å². The van der Waals surface area contributed by atoms with E-state index >= 15 is 0 Å². The standard InChI is InChI=1S/C16H34/c1-11-14(6,7)16(10,13(3,4)5)15(8,9)12-2/h11-12H2,1-10H3. The van der Waals surface area contributed by atoms with E-state index in [0.29, 0.717) is 21.7 Å². The van der Waals surface area contributed by atoms with Crippen molar-refractivity contribution >= 4 is 0 Å². The Bertz CT molecular complexity index is 209. The summed E-state index contributed by atoms with van der Waals surface area (Å²) in [6, 6.07) is 0. The van der Waals surface area contributed by atoms with Crippen LogP contribution < -0.4 is 0 Å². The SMILES string of the molecule is CCC(C)(C)C(C)(C(C)(C)C)C(C)(C)CC. The van der Waals surface area contributed by atoms with E-state index in [1.165, 1.54) is 12.8 Å². The summed E-state index contributed by atoms with van der Waals surface area (Å²) in [7, 11) is 0. The van der Waals surface area contributed by atoms with E-state index in [4.69, 9.17) is 0 Å². The predicted octanol–water partition coefficient (Wildman–Crippen LogP) is 5.91. The summed E-state index contributed by atoms with van der Waals surface area (Å²) in [5.41, 5.74) is 1.39. The second-order valence-corrected chi connectivity index (χ2v) is 7.85. The smallest absolute Gasteiger partial charge is 0.0175 e. The summed E-state index contributed by atoms with van der Waals surface area (Å²) in [4.78, 5) is 0. The molecule has 0 atom stereocenters. The molecule has 0 aromatic carbocycles. The Morgan fingerprint density at radius 1 is 0.562 bits per heavy atom. The number of hydrogen-bond acceptors (Lipinski definition) is 0. The molecule has 0 rings (SSSR count). The van der Waals surface area contributed by atoms with Gasteiger partial charge in [0, 0.05) is 0 Å². The molecule has 0 spiro atoms. The molecule has 0 saturated heterocycles. The normalized spacial score (nSPS) is 15.4. The minimum absolute atomic E-state index is 0.325. The molecule has 0 aliphatic heterocycles. The minimum Gasteiger partial charge on any atom is -0.0649 e. The molecule has 0 unspecified atom stereocenters. The molecular weight excluding hydrogens is 192 g/mol. The highest BCUT2D eigenvalue weighted by molar-refractivity contribution is 5.04. The highest BCUT2D eigenvalue weighted by Crippen LogP contribution is 2.63. The van der Waals surface area contributed by atoms with Crippen LogP contribution in [0.1, 0.15) is 82.1 Å². The monoisotopic (exact) mass is 226 g/mol. The van der Waals surface area contributed by atoms with Gasteiger partial charge in [-0.25, -0.2) is 0 Å². The Labute approximate surface area is 104 Å². The van der Waals surface area contributed by atoms with Crippen molar-refractivity contribution in [3.05, 3.63) is 0 Å². The van der Waals surface area contributed by atoms with E-state index in [1.807, 2.05) is 0 Å². The van der Waals surface area contributed by atoms with Crippen LogP contribution >= 0.6 is 0 Å². The van der Waals surface area contributed by atoms with Crippen LogP contribution in [0.2, 0.25) is 0 Å². The van der Waals surface area contributed by atoms with Gasteiger partial charge in [0.25, 0.3) is 0 Å². The van der Waals surface area contributed by atoms with Crippen LogP contribution in [-0.4, -0.2) is 0 Å². The first-order valence-electron chi connectivity index (χ1n) is 6.87. The largest absolute Gasteiger partial charge is 0.0649 e. The van der Waals surface area contributed by atoms with Crippen LogP contribution in [0.25, 0.3) is 0 Å². The lowest BCUT2D eigenvalue weighted by atomic mass is 9.43. The van der Waals surface area contributed by atoms with Crippen LogP contribution in [0.5, 0.6) is 0 Å². The molecule has 98 valence electrons. The van der Waals surface area contributed by atoms with Crippen molar-refractivity contribution in [3.63, 3.8) is 0 Å². The van der Waals surface area contributed by atoms with Crippen molar-refractivity contribution in [2.24, 2.45) is 21.7 Å². The molecular formula is C16H34. The lowest BCUT2D eigenvalue weighted by Gasteiger charge is -2.61. The fourth-order valence-electron chi connectivity index (χ4n) is 3.65. The molecule has 0 bridgehead atoms. The second kappa shape index (κ2) is 4.35. The average Bonchev–Trinajstić information content (AvgIpc) is 2.14. The van der Waals surface area contributed by atoms with Gasteiger partial charge < -0.3 is 0 Å². The highest BCUT2D eigenvalue weighted by atomic mass is 14.6. The van der Waals surface area contributed by atoms with Crippen LogP contribution in [-0.2, 0) is 0 Å². The molecule has 0 heteroatoms. The Morgan fingerprint density at radius 2 is 0.812 bits per heavy atom. The average molecular weight is 226 g/mol. The van der Waals surface area contributed by atoms with E-state index in [9.17, 15) is 0 Å². The van der Waals surface area contributed by atoms with Gasteiger partial charge in [-0.05, 0) is 21.7 Å². The van der Waals surface area contributed by atoms with Crippen molar-refractivity contribution < 1.29 is 0 Å². The van der Waals surface area contributed by atoms with E-state index in [0.717, 1.165) is 0 Å². The molecule has 0 heterocycles. The van der Waals surface area contributed by atoms with Gasteiger partial charge in [-0.15, -0.1) is 0 Å². The van der Waals surface area contributed by atoms with Crippen molar-refractivity contribution in [2.75, 3.05) is 0 Å². The molecule has 0 aliphatic rings. The van der Waals surface area contributed by atoms with Gasteiger partial charge in [-0.2, -0.15) is 0 Å². The molecule has 0 amide bonds. The maximum absolute atomic E-state index is 2.50. The maximum atomic E-state index is 2.50. The molecule has 0 aliphatic carbocycles. The van der Waals surface area contributed by atoms with Crippen LogP contribution in [0.4, 0.5) is 0 Å². The summed E-state index contributed by atoms with van der Waals surface area (Å²) >= 11 is 0. The number of rotatable bonds is 4. The predicted molar refractivity (Wildman–Crippen MR) is 75.7 cm³/mol. The van der Waals surface area contributed by atoms with Crippen molar-refractivity contribution in [1.82, 2.24) is 0 Å². The zero-order valence-corrected chi connectivity index (χ0v) is 13.4. The first-order chi connectivity index (χ1) is 6.87. The zero-order chi connectivity index (χ0) is 13.4. The summed E-state index contributed by atoms with van der Waals surface area (Å²) in [6.07, 6.45) is 2.48. The van der Waals surface area contributed by atoms with E-state index in [2.05, 4.69) is 69.2 Å². The maximum Gasteiger partial charge on any atom is -0.0175 e. The van der Waals surface area contributed by atoms with E-state index < -0.39 is 0 Å². The fraction of sp³-hybridized carbons (Fsp3) is 1.00. The Kier molecular flexibility index (Phi) is 4.35. The highest BCUT2D eigenvalue weighted by Gasteiger charge is 2.55. The topological polar surface area (TPSA) is 0 Å². The van der Waals surface area contributed by atoms with Crippen molar-refractivity contribution in [3.8, 4) is 0 Å². The molecule has 0 fully saturated rings. The minimum atomic E-state index is 0.325. The van der Waals surface area contributed by atoms with Crippen molar-refractivity contribution in [2.45, 2.75) is 82.1 Å². The van der Waals surface area contributed by atoms with Gasteiger partial charge in [0.05, 0.1) is 0 Å². The van der Waals surface area contributed by atoms with Crippen LogP contribution in [0.15, 0.2) is 0 Å². The summed E-state index contributed by atoms with van der Waals surface area (Å²) in [5, 5.41) is 0. The third-order valence-corrected chi connectivity index (χ3v) is 5.97. The fourth-order valence-corrected chi connectivity index (χ4v) is 3.65. The molecule has 0 aromatic heterocycles. The van der Waals surface area contributed by atoms with Crippen LogP contribution in [0, 0.1) is 21.7 Å². The Morgan fingerprint density at radius 3 is 0.938 bits per heavy atom. The molecule has 0 saturated carbocycles.